The van der Waals surface area contributed by atoms with E-state index < -0.39 is 0 Å². The first-order valence-corrected chi connectivity index (χ1v) is 3.59. The van der Waals surface area contributed by atoms with Crippen LogP contribution in [0.25, 0.3) is 0 Å². The largest absolute Gasteiger partial charge is 0.392 e. The van der Waals surface area contributed by atoms with Gasteiger partial charge in [0.15, 0.2) is 5.78 Å². The maximum absolute atomic E-state index is 11.0. The summed E-state index contributed by atoms with van der Waals surface area (Å²) in [4.78, 5) is 11.0. The fourth-order valence-electron chi connectivity index (χ4n) is 0.793. The SMILES string of the molecule is CCC(=O)/C(=C/CO)CC. The van der Waals surface area contributed by atoms with Gasteiger partial charge in [0.05, 0.1) is 6.61 Å². The maximum Gasteiger partial charge on any atom is 0.158 e. The molecule has 1 N–H and O–H groups in total. The van der Waals surface area contributed by atoms with Gasteiger partial charge in [-0.15, -0.1) is 0 Å². The van der Waals surface area contributed by atoms with E-state index in [4.69, 9.17) is 5.11 Å². The zero-order valence-electron chi connectivity index (χ0n) is 6.55. The molecule has 0 fully saturated rings. The first-order valence-electron chi connectivity index (χ1n) is 3.59. The molecule has 0 bridgehead atoms. The molecule has 0 aliphatic rings. The predicted octanol–water partition coefficient (Wildman–Crippen LogP) is 1.29. The Labute approximate surface area is 61.6 Å². The highest BCUT2D eigenvalue weighted by Crippen LogP contribution is 2.03. The third-order valence-electron chi connectivity index (χ3n) is 1.40. The summed E-state index contributed by atoms with van der Waals surface area (Å²) in [6.45, 7) is 3.70. The molecular formula is C8H14O2. The molecule has 0 heterocycles. The average molecular weight is 142 g/mol. The van der Waals surface area contributed by atoms with Crippen LogP contribution in [0.3, 0.4) is 0 Å². The summed E-state index contributed by atoms with van der Waals surface area (Å²) < 4.78 is 0. The fourth-order valence-corrected chi connectivity index (χ4v) is 0.793. The Balaban J connectivity index is 4.06. The van der Waals surface area contributed by atoms with Gasteiger partial charge in [0.1, 0.15) is 0 Å². The van der Waals surface area contributed by atoms with Crippen LogP contribution < -0.4 is 0 Å². The van der Waals surface area contributed by atoms with Crippen LogP contribution >= 0.6 is 0 Å². The van der Waals surface area contributed by atoms with Gasteiger partial charge < -0.3 is 5.11 Å². The van der Waals surface area contributed by atoms with Crippen molar-refractivity contribution in [3.05, 3.63) is 11.6 Å². The molecule has 0 rings (SSSR count). The van der Waals surface area contributed by atoms with Gasteiger partial charge in [-0.25, -0.2) is 0 Å². The zero-order valence-corrected chi connectivity index (χ0v) is 6.55. The molecular weight excluding hydrogens is 128 g/mol. The van der Waals surface area contributed by atoms with E-state index in [0.717, 1.165) is 5.57 Å². The molecule has 0 saturated heterocycles. The first kappa shape index (κ1) is 9.37. The number of hydrogen-bond acceptors (Lipinski definition) is 2. The molecule has 0 aliphatic heterocycles. The van der Waals surface area contributed by atoms with Crippen molar-refractivity contribution in [2.45, 2.75) is 26.7 Å². The number of ketones is 1. The summed E-state index contributed by atoms with van der Waals surface area (Å²) in [5.41, 5.74) is 0.741. The number of carbonyl (C=O) groups excluding carboxylic acids is 1. The lowest BCUT2D eigenvalue weighted by molar-refractivity contribution is -0.115. The van der Waals surface area contributed by atoms with Gasteiger partial charge in [-0.2, -0.15) is 0 Å². The number of carbonyl (C=O) groups is 1. The van der Waals surface area contributed by atoms with Gasteiger partial charge in [0, 0.05) is 6.42 Å². The highest BCUT2D eigenvalue weighted by Gasteiger charge is 2.02. The number of aliphatic hydroxyl groups excluding tert-OH is 1. The second-order valence-electron chi connectivity index (χ2n) is 2.04. The van der Waals surface area contributed by atoms with Crippen molar-refractivity contribution in [1.29, 1.82) is 0 Å². The quantitative estimate of drug-likeness (QED) is 0.600. The van der Waals surface area contributed by atoms with Gasteiger partial charge in [0.25, 0.3) is 0 Å². The molecule has 0 aromatic heterocycles. The smallest absolute Gasteiger partial charge is 0.158 e. The molecule has 0 amide bonds. The van der Waals surface area contributed by atoms with E-state index in [1.54, 1.807) is 6.08 Å². The average Bonchev–Trinajstić information content (AvgIpc) is 1.99. The molecule has 2 heteroatoms. The summed E-state index contributed by atoms with van der Waals surface area (Å²) in [7, 11) is 0. The molecule has 0 spiro atoms. The minimum atomic E-state index is -0.0328. The van der Waals surface area contributed by atoms with Crippen molar-refractivity contribution < 1.29 is 9.90 Å². The molecule has 0 aromatic rings. The molecule has 10 heavy (non-hydrogen) atoms. The fraction of sp³-hybridized carbons (Fsp3) is 0.625. The summed E-state index contributed by atoms with van der Waals surface area (Å²) >= 11 is 0. The van der Waals surface area contributed by atoms with E-state index in [-0.39, 0.29) is 12.4 Å². The minimum Gasteiger partial charge on any atom is -0.392 e. The Bertz CT molecular complexity index is 136. The molecule has 0 aromatic carbocycles. The monoisotopic (exact) mass is 142 g/mol. The van der Waals surface area contributed by atoms with Gasteiger partial charge in [-0.3, -0.25) is 4.79 Å². The van der Waals surface area contributed by atoms with Crippen molar-refractivity contribution in [3.63, 3.8) is 0 Å². The summed E-state index contributed by atoms with van der Waals surface area (Å²) in [5, 5.41) is 8.48. The Morgan fingerprint density at radius 1 is 1.40 bits per heavy atom. The summed E-state index contributed by atoms with van der Waals surface area (Å²) in [6.07, 6.45) is 2.82. The number of rotatable bonds is 4. The molecule has 0 saturated carbocycles. The topological polar surface area (TPSA) is 37.3 Å². The lowest BCUT2D eigenvalue weighted by Crippen LogP contribution is -2.00. The standard InChI is InChI=1S/C8H14O2/c1-3-7(5-6-9)8(10)4-2/h5,9H,3-4,6H2,1-2H3/b7-5+. The second kappa shape index (κ2) is 5.18. The highest BCUT2D eigenvalue weighted by molar-refractivity contribution is 5.94. The van der Waals surface area contributed by atoms with Crippen LogP contribution in [0.2, 0.25) is 0 Å². The third-order valence-corrected chi connectivity index (χ3v) is 1.40. The van der Waals surface area contributed by atoms with Crippen LogP contribution in [0.5, 0.6) is 0 Å². The molecule has 0 radical (unpaired) electrons. The van der Waals surface area contributed by atoms with Crippen molar-refractivity contribution >= 4 is 5.78 Å². The van der Waals surface area contributed by atoms with Crippen molar-refractivity contribution in [3.8, 4) is 0 Å². The van der Waals surface area contributed by atoms with E-state index in [1.165, 1.54) is 0 Å². The van der Waals surface area contributed by atoms with E-state index in [0.29, 0.717) is 12.8 Å². The lowest BCUT2D eigenvalue weighted by atomic mass is 10.1. The van der Waals surface area contributed by atoms with Crippen molar-refractivity contribution in [1.82, 2.24) is 0 Å². The highest BCUT2D eigenvalue weighted by atomic mass is 16.2. The first-order chi connectivity index (χ1) is 4.76. The van der Waals surface area contributed by atoms with Gasteiger partial charge in [-0.05, 0) is 12.0 Å². The number of aliphatic hydroxyl groups is 1. The number of hydrogen-bond donors (Lipinski definition) is 1. The Morgan fingerprint density at radius 2 is 2.00 bits per heavy atom. The normalized spacial score (nSPS) is 11.7. The third kappa shape index (κ3) is 2.78. The minimum absolute atomic E-state index is 0.0328. The Kier molecular flexibility index (Phi) is 4.85. The predicted molar refractivity (Wildman–Crippen MR) is 40.8 cm³/mol. The van der Waals surface area contributed by atoms with Crippen LogP contribution in [0.1, 0.15) is 26.7 Å². The number of Topliss-reactive ketones (excluding diaryl/α,β-unsaturated/α-hetero) is 1. The molecule has 0 aliphatic carbocycles. The van der Waals surface area contributed by atoms with Crippen molar-refractivity contribution in [2.24, 2.45) is 0 Å². The van der Waals surface area contributed by atoms with Crippen molar-refractivity contribution in [2.75, 3.05) is 6.61 Å². The molecule has 2 nitrogen and oxygen atoms in total. The molecule has 0 atom stereocenters. The van der Waals surface area contributed by atoms with E-state index in [9.17, 15) is 4.79 Å². The number of allylic oxidation sites excluding steroid dienone is 1. The maximum atomic E-state index is 11.0. The van der Waals surface area contributed by atoms with Gasteiger partial charge in [0.2, 0.25) is 0 Å². The van der Waals surface area contributed by atoms with E-state index in [1.807, 2.05) is 13.8 Å². The van der Waals surface area contributed by atoms with Gasteiger partial charge >= 0.3 is 0 Å². The van der Waals surface area contributed by atoms with Crippen LogP contribution in [0.15, 0.2) is 11.6 Å². The second-order valence-corrected chi connectivity index (χ2v) is 2.04. The Hall–Kier alpha value is -0.630. The molecule has 0 unspecified atom stereocenters. The summed E-state index contributed by atoms with van der Waals surface area (Å²) in [6, 6.07) is 0. The van der Waals surface area contributed by atoms with Gasteiger partial charge in [-0.1, -0.05) is 19.9 Å². The van der Waals surface area contributed by atoms with Crippen LogP contribution in [-0.2, 0) is 4.79 Å². The lowest BCUT2D eigenvalue weighted by Gasteiger charge is -1.98. The zero-order chi connectivity index (χ0) is 7.98. The molecule has 58 valence electrons. The summed E-state index contributed by atoms with van der Waals surface area (Å²) in [5.74, 6) is 0.136. The van der Waals surface area contributed by atoms with Crippen LogP contribution in [-0.4, -0.2) is 17.5 Å². The Morgan fingerprint density at radius 3 is 2.30 bits per heavy atom. The van der Waals surface area contributed by atoms with Crippen LogP contribution in [0.4, 0.5) is 0 Å². The van der Waals surface area contributed by atoms with E-state index >= 15 is 0 Å². The van der Waals surface area contributed by atoms with Crippen LogP contribution in [0, 0.1) is 0 Å². The van der Waals surface area contributed by atoms with E-state index in [2.05, 4.69) is 0 Å².